The van der Waals surface area contributed by atoms with Crippen LogP contribution in [0.2, 0.25) is 0 Å². The number of nitrogens with one attached hydrogen (secondary N) is 3. The van der Waals surface area contributed by atoms with Crippen molar-refractivity contribution in [2.24, 2.45) is 0 Å². The van der Waals surface area contributed by atoms with Crippen LogP contribution < -0.4 is 10.6 Å². The van der Waals surface area contributed by atoms with Crippen molar-refractivity contribution in [2.75, 3.05) is 19.4 Å². The third-order valence-corrected chi connectivity index (χ3v) is 3.56. The van der Waals surface area contributed by atoms with Gasteiger partial charge in [0.15, 0.2) is 0 Å². The fourth-order valence-corrected chi connectivity index (χ4v) is 2.38. The maximum atomic E-state index is 12.2. The van der Waals surface area contributed by atoms with Gasteiger partial charge in [0.2, 0.25) is 0 Å². The Morgan fingerprint density at radius 1 is 1.09 bits per heavy atom. The molecule has 0 fully saturated rings. The van der Waals surface area contributed by atoms with Gasteiger partial charge in [-0.3, -0.25) is 4.79 Å². The lowest BCUT2D eigenvalue weighted by Crippen LogP contribution is -2.19. The first-order valence-corrected chi connectivity index (χ1v) is 7.23. The molecule has 0 spiro atoms. The SMILES string of the molecule is CNC(=O)c1[nH]c(-c2cc(NC)ncn2)cc1-c1ccccc1. The number of H-pyrrole nitrogens is 1. The van der Waals surface area contributed by atoms with Crippen LogP contribution in [0, 0.1) is 0 Å². The van der Waals surface area contributed by atoms with Gasteiger partial charge >= 0.3 is 0 Å². The van der Waals surface area contributed by atoms with Crippen LogP contribution in [0.5, 0.6) is 0 Å². The van der Waals surface area contributed by atoms with Gasteiger partial charge in [-0.1, -0.05) is 30.3 Å². The molecule has 3 rings (SSSR count). The second-order valence-corrected chi connectivity index (χ2v) is 4.96. The molecule has 3 aromatic rings. The van der Waals surface area contributed by atoms with E-state index in [4.69, 9.17) is 0 Å². The molecule has 0 aliphatic heterocycles. The average molecular weight is 307 g/mol. The molecule has 0 saturated carbocycles. The van der Waals surface area contributed by atoms with Crippen LogP contribution >= 0.6 is 0 Å². The maximum absolute atomic E-state index is 12.2. The van der Waals surface area contributed by atoms with Crippen LogP contribution in [-0.4, -0.2) is 35.0 Å². The molecule has 0 unspecified atom stereocenters. The Balaban J connectivity index is 2.13. The van der Waals surface area contributed by atoms with E-state index in [0.717, 1.165) is 22.5 Å². The fraction of sp³-hybridized carbons (Fsp3) is 0.118. The summed E-state index contributed by atoms with van der Waals surface area (Å²) < 4.78 is 0. The summed E-state index contributed by atoms with van der Waals surface area (Å²) in [4.78, 5) is 23.7. The largest absolute Gasteiger partial charge is 0.373 e. The number of carbonyl (C=O) groups excluding carboxylic acids is 1. The number of hydrogen-bond donors (Lipinski definition) is 3. The molecule has 2 heterocycles. The minimum Gasteiger partial charge on any atom is -0.373 e. The lowest BCUT2D eigenvalue weighted by molar-refractivity contribution is 0.0959. The highest BCUT2D eigenvalue weighted by atomic mass is 16.1. The fourth-order valence-electron chi connectivity index (χ4n) is 2.38. The lowest BCUT2D eigenvalue weighted by atomic mass is 10.1. The summed E-state index contributed by atoms with van der Waals surface area (Å²) in [6, 6.07) is 13.5. The summed E-state index contributed by atoms with van der Waals surface area (Å²) in [5.74, 6) is 0.547. The Bertz CT molecular complexity index is 826. The summed E-state index contributed by atoms with van der Waals surface area (Å²) in [6.07, 6.45) is 1.49. The van der Waals surface area contributed by atoms with Gasteiger partial charge in [-0.25, -0.2) is 9.97 Å². The molecule has 23 heavy (non-hydrogen) atoms. The summed E-state index contributed by atoms with van der Waals surface area (Å²) in [5, 5.41) is 5.64. The first-order chi connectivity index (χ1) is 11.2. The molecule has 0 radical (unpaired) electrons. The van der Waals surface area contributed by atoms with E-state index in [1.165, 1.54) is 6.33 Å². The molecule has 0 atom stereocenters. The number of hydrogen-bond acceptors (Lipinski definition) is 4. The van der Waals surface area contributed by atoms with Gasteiger partial charge in [0.05, 0.1) is 11.4 Å². The van der Waals surface area contributed by atoms with E-state index in [0.29, 0.717) is 11.5 Å². The van der Waals surface area contributed by atoms with E-state index < -0.39 is 0 Å². The highest BCUT2D eigenvalue weighted by Crippen LogP contribution is 2.29. The minimum atomic E-state index is -0.169. The Morgan fingerprint density at radius 2 is 1.87 bits per heavy atom. The van der Waals surface area contributed by atoms with E-state index in [-0.39, 0.29) is 5.91 Å². The summed E-state index contributed by atoms with van der Waals surface area (Å²) in [7, 11) is 3.41. The van der Waals surface area contributed by atoms with Crippen molar-refractivity contribution in [1.82, 2.24) is 20.3 Å². The zero-order chi connectivity index (χ0) is 16.2. The number of benzene rings is 1. The number of anilines is 1. The van der Waals surface area contributed by atoms with Crippen LogP contribution in [0.25, 0.3) is 22.5 Å². The molecular weight excluding hydrogens is 290 g/mol. The van der Waals surface area contributed by atoms with Gasteiger partial charge in [0.25, 0.3) is 5.91 Å². The normalized spacial score (nSPS) is 10.3. The van der Waals surface area contributed by atoms with Crippen LogP contribution in [0.15, 0.2) is 48.8 Å². The van der Waals surface area contributed by atoms with E-state index in [1.54, 1.807) is 14.1 Å². The highest BCUT2D eigenvalue weighted by Gasteiger charge is 2.17. The van der Waals surface area contributed by atoms with E-state index in [2.05, 4.69) is 25.6 Å². The molecule has 0 aliphatic rings. The topological polar surface area (TPSA) is 82.7 Å². The van der Waals surface area contributed by atoms with Crippen LogP contribution in [0.1, 0.15) is 10.5 Å². The minimum absolute atomic E-state index is 0.169. The number of amides is 1. The molecule has 2 aromatic heterocycles. The van der Waals surface area contributed by atoms with Gasteiger partial charge in [-0.05, 0) is 11.6 Å². The molecule has 0 saturated heterocycles. The average Bonchev–Trinajstić information content (AvgIpc) is 3.07. The quantitative estimate of drug-likeness (QED) is 0.692. The van der Waals surface area contributed by atoms with Gasteiger partial charge in [-0.15, -0.1) is 0 Å². The monoisotopic (exact) mass is 307 g/mol. The van der Waals surface area contributed by atoms with Crippen molar-refractivity contribution in [1.29, 1.82) is 0 Å². The van der Waals surface area contributed by atoms with E-state index in [9.17, 15) is 4.79 Å². The highest BCUT2D eigenvalue weighted by molar-refractivity contribution is 6.00. The molecule has 6 nitrogen and oxygen atoms in total. The molecule has 0 bridgehead atoms. The van der Waals surface area contributed by atoms with Crippen LogP contribution in [0.4, 0.5) is 5.82 Å². The van der Waals surface area contributed by atoms with E-state index in [1.807, 2.05) is 42.5 Å². The summed E-state index contributed by atoms with van der Waals surface area (Å²) in [5.41, 5.74) is 3.80. The zero-order valence-electron chi connectivity index (χ0n) is 12.9. The Kier molecular flexibility index (Phi) is 4.05. The maximum Gasteiger partial charge on any atom is 0.268 e. The Hall–Kier alpha value is -3.15. The molecule has 1 amide bonds. The second kappa shape index (κ2) is 6.31. The van der Waals surface area contributed by atoms with Gasteiger partial charge in [0.1, 0.15) is 17.8 Å². The number of aromatic nitrogens is 3. The molecule has 6 heteroatoms. The number of rotatable bonds is 4. The third kappa shape index (κ3) is 2.91. The van der Waals surface area contributed by atoms with Crippen molar-refractivity contribution < 1.29 is 4.79 Å². The van der Waals surface area contributed by atoms with Crippen molar-refractivity contribution >= 4 is 11.7 Å². The number of nitrogens with zero attached hydrogens (tertiary/aromatic N) is 2. The Morgan fingerprint density at radius 3 is 2.57 bits per heavy atom. The second-order valence-electron chi connectivity index (χ2n) is 4.96. The Labute approximate surface area is 134 Å². The smallest absolute Gasteiger partial charge is 0.268 e. The third-order valence-electron chi connectivity index (χ3n) is 3.56. The molecule has 3 N–H and O–H groups in total. The standard InChI is InChI=1S/C17H17N5O/c1-18-15-9-13(20-10-21-15)14-8-12(11-6-4-3-5-7-11)16(22-14)17(23)19-2/h3-10,22H,1-2H3,(H,19,23)(H,18,20,21). The van der Waals surface area contributed by atoms with Crippen molar-refractivity contribution in [3.05, 3.63) is 54.5 Å². The van der Waals surface area contributed by atoms with Crippen LogP contribution in [0.3, 0.4) is 0 Å². The summed E-state index contributed by atoms with van der Waals surface area (Å²) >= 11 is 0. The van der Waals surface area contributed by atoms with Crippen molar-refractivity contribution in [2.45, 2.75) is 0 Å². The molecule has 1 aromatic carbocycles. The molecular formula is C17H17N5O. The zero-order valence-corrected chi connectivity index (χ0v) is 12.9. The van der Waals surface area contributed by atoms with Crippen molar-refractivity contribution in [3.63, 3.8) is 0 Å². The predicted octanol–water partition coefficient (Wildman–Crippen LogP) is 2.54. The van der Waals surface area contributed by atoms with Gasteiger partial charge in [0, 0.05) is 25.7 Å². The van der Waals surface area contributed by atoms with E-state index >= 15 is 0 Å². The first kappa shape index (κ1) is 14.8. The van der Waals surface area contributed by atoms with Gasteiger partial charge < -0.3 is 15.6 Å². The summed E-state index contributed by atoms with van der Waals surface area (Å²) in [6.45, 7) is 0. The van der Waals surface area contributed by atoms with Crippen molar-refractivity contribution in [3.8, 4) is 22.5 Å². The van der Waals surface area contributed by atoms with Gasteiger partial charge in [-0.2, -0.15) is 0 Å². The molecule has 0 aliphatic carbocycles. The van der Waals surface area contributed by atoms with Crippen LogP contribution in [-0.2, 0) is 0 Å². The molecule has 116 valence electrons. The predicted molar refractivity (Wildman–Crippen MR) is 90.2 cm³/mol. The first-order valence-electron chi connectivity index (χ1n) is 7.23. The number of carbonyl (C=O) groups is 1. The lowest BCUT2D eigenvalue weighted by Gasteiger charge is -2.02. The number of aromatic amines is 1.